The second kappa shape index (κ2) is 7.40. The maximum Gasteiger partial charge on any atom is 0.332 e. The zero-order valence-electron chi connectivity index (χ0n) is 17.3. The summed E-state index contributed by atoms with van der Waals surface area (Å²) in [4.78, 5) is 31.0. The van der Waals surface area contributed by atoms with Crippen LogP contribution >= 0.6 is 0 Å². The SMILES string of the molecule is C/C=C/CN1N=C(C)[C@H](C)n2c1nc1c2c(=O)n(Cc2ccc(F)cc2)c(=O)n1C. The maximum atomic E-state index is 13.4. The van der Waals surface area contributed by atoms with E-state index in [1.807, 2.05) is 37.5 Å². The quantitative estimate of drug-likeness (QED) is 0.619. The Bertz CT molecular complexity index is 1300. The van der Waals surface area contributed by atoms with Crippen LogP contribution in [0.2, 0.25) is 0 Å². The summed E-state index contributed by atoms with van der Waals surface area (Å²) in [5, 5.41) is 6.33. The van der Waals surface area contributed by atoms with E-state index in [0.29, 0.717) is 29.2 Å². The van der Waals surface area contributed by atoms with Crippen LogP contribution in [-0.2, 0) is 13.6 Å². The molecule has 0 radical (unpaired) electrons. The molecule has 0 saturated carbocycles. The van der Waals surface area contributed by atoms with Gasteiger partial charge >= 0.3 is 5.69 Å². The largest absolute Gasteiger partial charge is 0.332 e. The van der Waals surface area contributed by atoms with Crippen molar-refractivity contribution in [3.05, 3.63) is 68.6 Å². The number of hydrogen-bond acceptors (Lipinski definition) is 5. The molecule has 156 valence electrons. The molecule has 0 amide bonds. The summed E-state index contributed by atoms with van der Waals surface area (Å²) >= 11 is 0. The van der Waals surface area contributed by atoms with E-state index in [4.69, 9.17) is 0 Å². The first kappa shape index (κ1) is 19.8. The van der Waals surface area contributed by atoms with Crippen LogP contribution in [0.15, 0.2) is 51.1 Å². The lowest BCUT2D eigenvalue weighted by Crippen LogP contribution is -2.40. The van der Waals surface area contributed by atoms with Gasteiger partial charge in [-0.2, -0.15) is 10.1 Å². The number of fused-ring (bicyclic) bond motifs is 3. The predicted octanol–water partition coefficient (Wildman–Crippen LogP) is 2.42. The minimum atomic E-state index is -0.474. The van der Waals surface area contributed by atoms with E-state index in [9.17, 15) is 14.0 Å². The third-order valence-electron chi connectivity index (χ3n) is 5.43. The molecular formula is C21H23FN6O2. The Labute approximate surface area is 172 Å². The van der Waals surface area contributed by atoms with Gasteiger partial charge in [0, 0.05) is 7.05 Å². The number of aromatic nitrogens is 4. The first-order valence-corrected chi connectivity index (χ1v) is 9.73. The van der Waals surface area contributed by atoms with E-state index in [-0.39, 0.29) is 18.4 Å². The lowest BCUT2D eigenvalue weighted by molar-refractivity contribution is 0.621. The van der Waals surface area contributed by atoms with Gasteiger partial charge in [-0.05, 0) is 38.5 Å². The highest BCUT2D eigenvalue weighted by molar-refractivity contribution is 5.91. The molecule has 1 aliphatic rings. The maximum absolute atomic E-state index is 13.4. The van der Waals surface area contributed by atoms with Crippen molar-refractivity contribution in [3.8, 4) is 0 Å². The third-order valence-corrected chi connectivity index (χ3v) is 5.43. The number of hydrazone groups is 1. The molecule has 3 heterocycles. The highest BCUT2D eigenvalue weighted by atomic mass is 19.1. The van der Waals surface area contributed by atoms with Crippen molar-refractivity contribution >= 4 is 22.8 Å². The molecule has 2 aromatic heterocycles. The smallest absolute Gasteiger partial charge is 0.294 e. The fourth-order valence-electron chi connectivity index (χ4n) is 3.62. The predicted molar refractivity (Wildman–Crippen MR) is 115 cm³/mol. The van der Waals surface area contributed by atoms with Crippen molar-refractivity contribution in [1.82, 2.24) is 18.7 Å². The van der Waals surface area contributed by atoms with Crippen molar-refractivity contribution in [2.75, 3.05) is 11.6 Å². The summed E-state index contributed by atoms with van der Waals surface area (Å²) in [6, 6.07) is 5.57. The Kier molecular flexibility index (Phi) is 4.89. The van der Waals surface area contributed by atoms with Crippen LogP contribution < -0.4 is 16.3 Å². The zero-order valence-corrected chi connectivity index (χ0v) is 17.3. The van der Waals surface area contributed by atoms with Gasteiger partial charge in [-0.15, -0.1) is 0 Å². The Balaban J connectivity index is 1.95. The standard InChI is InChI=1S/C21H23FN6O2/c1-5-6-11-27-20-23-18-17(28(20)14(3)13(2)24-27)19(29)26(21(30)25(18)4)12-15-7-9-16(22)10-8-15/h5-10,14H,11-12H2,1-4H3/b6-5+/t14-/m0/s1. The van der Waals surface area contributed by atoms with Gasteiger partial charge in [-0.25, -0.2) is 14.2 Å². The van der Waals surface area contributed by atoms with Crippen LogP contribution in [-0.4, -0.2) is 30.9 Å². The number of nitrogens with zero attached hydrogens (tertiary/aromatic N) is 6. The molecule has 0 bridgehead atoms. The molecule has 3 aromatic rings. The van der Waals surface area contributed by atoms with Crippen LogP contribution in [0.3, 0.4) is 0 Å². The Morgan fingerprint density at radius 2 is 1.90 bits per heavy atom. The van der Waals surface area contributed by atoms with Gasteiger partial charge < -0.3 is 0 Å². The van der Waals surface area contributed by atoms with E-state index in [1.165, 1.54) is 16.7 Å². The molecule has 1 aliphatic heterocycles. The minimum absolute atomic E-state index is 0.0476. The average Bonchev–Trinajstić information content (AvgIpc) is 3.14. The molecule has 1 aromatic carbocycles. The number of rotatable bonds is 4. The minimum Gasteiger partial charge on any atom is -0.294 e. The number of allylic oxidation sites excluding steroid dienone is 1. The molecule has 0 N–H and O–H groups in total. The van der Waals surface area contributed by atoms with Crippen molar-refractivity contribution in [1.29, 1.82) is 0 Å². The Hall–Kier alpha value is -3.49. The van der Waals surface area contributed by atoms with E-state index < -0.39 is 11.2 Å². The second-order valence-corrected chi connectivity index (χ2v) is 7.38. The van der Waals surface area contributed by atoms with Crippen molar-refractivity contribution in [3.63, 3.8) is 0 Å². The van der Waals surface area contributed by atoms with Crippen molar-refractivity contribution in [2.45, 2.75) is 33.4 Å². The number of halogens is 1. The number of anilines is 1. The molecule has 4 rings (SSSR count). The monoisotopic (exact) mass is 410 g/mol. The van der Waals surface area contributed by atoms with Gasteiger partial charge in [0.15, 0.2) is 11.2 Å². The zero-order chi connectivity index (χ0) is 21.6. The summed E-state index contributed by atoms with van der Waals surface area (Å²) < 4.78 is 17.6. The molecule has 0 fully saturated rings. The van der Waals surface area contributed by atoms with E-state index in [2.05, 4.69) is 10.1 Å². The Morgan fingerprint density at radius 3 is 2.57 bits per heavy atom. The van der Waals surface area contributed by atoms with Crippen molar-refractivity contribution < 1.29 is 4.39 Å². The summed E-state index contributed by atoms with van der Waals surface area (Å²) in [7, 11) is 1.60. The van der Waals surface area contributed by atoms with Gasteiger partial charge in [0.1, 0.15) is 5.82 Å². The van der Waals surface area contributed by atoms with E-state index in [0.717, 1.165) is 10.3 Å². The number of benzene rings is 1. The van der Waals surface area contributed by atoms with Crippen LogP contribution in [0.5, 0.6) is 0 Å². The van der Waals surface area contributed by atoms with Crippen LogP contribution in [0, 0.1) is 5.82 Å². The van der Waals surface area contributed by atoms with Gasteiger partial charge in [0.25, 0.3) is 5.56 Å². The summed E-state index contributed by atoms with van der Waals surface area (Å²) in [5.41, 5.74) is 1.26. The molecule has 0 unspecified atom stereocenters. The number of aryl methyl sites for hydroxylation is 1. The van der Waals surface area contributed by atoms with Gasteiger partial charge in [-0.3, -0.25) is 18.5 Å². The topological polar surface area (TPSA) is 77.4 Å². The number of hydrogen-bond donors (Lipinski definition) is 0. The van der Waals surface area contributed by atoms with E-state index >= 15 is 0 Å². The lowest BCUT2D eigenvalue weighted by atomic mass is 10.2. The van der Waals surface area contributed by atoms with Crippen LogP contribution in [0.25, 0.3) is 11.2 Å². The fourth-order valence-corrected chi connectivity index (χ4v) is 3.62. The fraction of sp³-hybridized carbons (Fsp3) is 0.333. The van der Waals surface area contributed by atoms with Crippen LogP contribution in [0.4, 0.5) is 10.3 Å². The highest BCUT2D eigenvalue weighted by Gasteiger charge is 2.30. The van der Waals surface area contributed by atoms with Gasteiger partial charge in [0.05, 0.1) is 24.8 Å². The van der Waals surface area contributed by atoms with Crippen LogP contribution in [0.1, 0.15) is 32.4 Å². The Morgan fingerprint density at radius 1 is 1.20 bits per heavy atom. The highest BCUT2D eigenvalue weighted by Crippen LogP contribution is 2.29. The molecule has 8 nitrogen and oxygen atoms in total. The van der Waals surface area contributed by atoms with Crippen molar-refractivity contribution in [2.24, 2.45) is 12.1 Å². The summed E-state index contributed by atoms with van der Waals surface area (Å²) in [5.74, 6) is 0.150. The molecule has 30 heavy (non-hydrogen) atoms. The average molecular weight is 410 g/mol. The molecule has 0 spiro atoms. The molecule has 9 heteroatoms. The van der Waals surface area contributed by atoms with Gasteiger partial charge in [0.2, 0.25) is 5.95 Å². The first-order valence-electron chi connectivity index (χ1n) is 9.73. The van der Waals surface area contributed by atoms with E-state index in [1.54, 1.807) is 24.2 Å². The third kappa shape index (κ3) is 3.06. The summed E-state index contributed by atoms with van der Waals surface area (Å²) in [6.07, 6.45) is 3.86. The molecule has 0 saturated heterocycles. The first-order chi connectivity index (χ1) is 14.3. The summed E-state index contributed by atoms with van der Waals surface area (Å²) in [6.45, 7) is 6.32. The normalized spacial score (nSPS) is 16.4. The number of imidazole rings is 1. The van der Waals surface area contributed by atoms with Gasteiger partial charge in [-0.1, -0.05) is 24.3 Å². The lowest BCUT2D eigenvalue weighted by Gasteiger charge is -2.28. The molecular weight excluding hydrogens is 387 g/mol. The molecule has 0 aliphatic carbocycles. The molecule has 1 atom stereocenters. The second-order valence-electron chi connectivity index (χ2n) is 7.38.